The summed E-state index contributed by atoms with van der Waals surface area (Å²) in [7, 11) is 0. The van der Waals surface area contributed by atoms with Gasteiger partial charge < -0.3 is 0 Å². The minimum absolute atomic E-state index is 0.995. The van der Waals surface area contributed by atoms with Crippen LogP contribution in [0.3, 0.4) is 0 Å². The maximum Gasteiger partial charge on any atom is 0.0238 e. The summed E-state index contributed by atoms with van der Waals surface area (Å²) < 4.78 is 0. The molecule has 1 saturated heterocycles. The van der Waals surface area contributed by atoms with E-state index in [2.05, 4.69) is 23.9 Å². The molecule has 1 heterocycles. The Kier molecular flexibility index (Phi) is 0.507. The zero-order valence-electron chi connectivity index (χ0n) is 4.58. The molecule has 0 aromatic heterocycles. The molecule has 8 heavy (non-hydrogen) atoms. The fourth-order valence-electron chi connectivity index (χ4n) is 2.07. The van der Waals surface area contributed by atoms with Crippen molar-refractivity contribution in [3.05, 3.63) is 12.2 Å². The molecule has 1 aliphatic heterocycles. The minimum atomic E-state index is 0.995. The van der Waals surface area contributed by atoms with Crippen molar-refractivity contribution in [2.75, 3.05) is 0 Å². The molecule has 0 radical (unpaired) electrons. The molecule has 2 fully saturated rings. The van der Waals surface area contributed by atoms with E-state index in [4.69, 9.17) is 0 Å². The second-order valence-electron chi connectivity index (χ2n) is 3.01. The number of fused-ring (bicyclic) bond motifs is 5. The third-order valence-electron chi connectivity index (χ3n) is 2.56. The molecule has 0 aromatic carbocycles. The highest BCUT2D eigenvalue weighted by Gasteiger charge is 2.55. The molecule has 3 aliphatic rings. The third-order valence-corrected chi connectivity index (χ3v) is 4.16. The molecule has 4 atom stereocenters. The molecule has 0 aromatic rings. The number of hydrogen-bond donors (Lipinski definition) is 0. The van der Waals surface area contributed by atoms with Crippen LogP contribution in [0.4, 0.5) is 0 Å². The van der Waals surface area contributed by atoms with Gasteiger partial charge in [0.2, 0.25) is 0 Å². The fraction of sp³-hybridized carbons (Fsp3) is 0.714. The Morgan fingerprint density at radius 2 is 1.75 bits per heavy atom. The van der Waals surface area contributed by atoms with Gasteiger partial charge >= 0.3 is 0 Å². The third kappa shape index (κ3) is 0.296. The van der Waals surface area contributed by atoms with E-state index >= 15 is 0 Å². The summed E-state index contributed by atoms with van der Waals surface area (Å²) in [6, 6.07) is 0. The maximum absolute atomic E-state index is 2.42. The zero-order chi connectivity index (χ0) is 5.14. The molecule has 2 aliphatic carbocycles. The fourth-order valence-corrected chi connectivity index (χ4v) is 3.55. The first-order valence-electron chi connectivity index (χ1n) is 3.29. The molecule has 0 amide bonds. The maximum atomic E-state index is 2.42. The van der Waals surface area contributed by atoms with Crippen LogP contribution in [0.2, 0.25) is 0 Å². The van der Waals surface area contributed by atoms with E-state index in [0.717, 1.165) is 22.3 Å². The first-order chi connectivity index (χ1) is 3.95. The van der Waals surface area contributed by atoms with Crippen LogP contribution in [0.1, 0.15) is 6.42 Å². The van der Waals surface area contributed by atoms with Crippen LogP contribution in [0.25, 0.3) is 0 Å². The van der Waals surface area contributed by atoms with Crippen LogP contribution >= 0.6 is 11.8 Å². The van der Waals surface area contributed by atoms with Gasteiger partial charge in [-0.1, -0.05) is 12.2 Å². The Morgan fingerprint density at radius 1 is 1.12 bits per heavy atom. The van der Waals surface area contributed by atoms with Gasteiger partial charge in [-0.15, -0.1) is 0 Å². The summed E-state index contributed by atoms with van der Waals surface area (Å²) in [5.41, 5.74) is 0. The molecule has 3 rings (SSSR count). The molecular formula is C7H8S. The summed E-state index contributed by atoms with van der Waals surface area (Å²) in [5.74, 6) is 1.99. The number of hydrogen-bond acceptors (Lipinski definition) is 1. The van der Waals surface area contributed by atoms with Crippen molar-refractivity contribution < 1.29 is 0 Å². The van der Waals surface area contributed by atoms with Gasteiger partial charge in [0.15, 0.2) is 0 Å². The van der Waals surface area contributed by atoms with Gasteiger partial charge in [-0.05, 0) is 18.3 Å². The molecule has 4 unspecified atom stereocenters. The average molecular weight is 124 g/mol. The monoisotopic (exact) mass is 124 g/mol. The topological polar surface area (TPSA) is 0 Å². The quantitative estimate of drug-likeness (QED) is 0.350. The number of thioether (sulfide) groups is 1. The second-order valence-corrected chi connectivity index (χ2v) is 4.37. The lowest BCUT2D eigenvalue weighted by atomic mass is 10.1. The van der Waals surface area contributed by atoms with E-state index in [9.17, 15) is 0 Å². The molecule has 1 heteroatoms. The van der Waals surface area contributed by atoms with Gasteiger partial charge in [0.1, 0.15) is 0 Å². The van der Waals surface area contributed by atoms with E-state index < -0.39 is 0 Å². The van der Waals surface area contributed by atoms with Crippen LogP contribution in [0.5, 0.6) is 0 Å². The lowest BCUT2D eigenvalue weighted by molar-refractivity contribution is 0.687. The Balaban J connectivity index is 2.12. The van der Waals surface area contributed by atoms with E-state index in [0.29, 0.717) is 0 Å². The van der Waals surface area contributed by atoms with Gasteiger partial charge in [-0.2, -0.15) is 11.8 Å². The lowest BCUT2D eigenvalue weighted by Gasteiger charge is -1.96. The molecule has 2 bridgehead atoms. The van der Waals surface area contributed by atoms with Crippen LogP contribution in [-0.2, 0) is 0 Å². The number of rotatable bonds is 0. The highest BCUT2D eigenvalue weighted by Crippen LogP contribution is 2.62. The first kappa shape index (κ1) is 3.99. The van der Waals surface area contributed by atoms with Crippen molar-refractivity contribution >= 4 is 11.8 Å². The lowest BCUT2D eigenvalue weighted by Crippen LogP contribution is -1.98. The van der Waals surface area contributed by atoms with Crippen molar-refractivity contribution in [2.24, 2.45) is 11.8 Å². The predicted octanol–water partition coefficient (Wildman–Crippen LogP) is 1.68. The summed E-state index contributed by atoms with van der Waals surface area (Å²) in [6.07, 6.45) is 6.33. The summed E-state index contributed by atoms with van der Waals surface area (Å²) in [6.45, 7) is 0. The predicted molar refractivity (Wildman–Crippen MR) is 35.9 cm³/mol. The van der Waals surface area contributed by atoms with Crippen molar-refractivity contribution in [1.82, 2.24) is 0 Å². The normalized spacial score (nSPS) is 64.0. The van der Waals surface area contributed by atoms with Gasteiger partial charge in [0.05, 0.1) is 0 Å². The first-order valence-corrected chi connectivity index (χ1v) is 4.23. The average Bonchev–Trinajstić information content (AvgIpc) is 2.39. The Morgan fingerprint density at radius 3 is 2.12 bits per heavy atom. The molecule has 1 saturated carbocycles. The van der Waals surface area contributed by atoms with Gasteiger partial charge in [-0.25, -0.2) is 0 Å². The molecular weight excluding hydrogens is 116 g/mol. The summed E-state index contributed by atoms with van der Waals surface area (Å²) in [5, 5.41) is 2.15. The van der Waals surface area contributed by atoms with Crippen LogP contribution in [0, 0.1) is 11.8 Å². The van der Waals surface area contributed by atoms with Crippen molar-refractivity contribution in [2.45, 2.75) is 16.9 Å². The second kappa shape index (κ2) is 1.02. The number of allylic oxidation sites excluding steroid dienone is 2. The Bertz CT molecular complexity index is 146. The van der Waals surface area contributed by atoms with Gasteiger partial charge in [0, 0.05) is 10.5 Å². The summed E-state index contributed by atoms with van der Waals surface area (Å²) in [4.78, 5) is 0. The summed E-state index contributed by atoms with van der Waals surface area (Å²) >= 11 is 2.19. The van der Waals surface area contributed by atoms with E-state index in [1.165, 1.54) is 6.42 Å². The SMILES string of the molecule is C1=CC2CC1C1SC21. The van der Waals surface area contributed by atoms with Crippen molar-refractivity contribution in [3.63, 3.8) is 0 Å². The largest absolute Gasteiger partial charge is 0.152 e. The van der Waals surface area contributed by atoms with Gasteiger partial charge in [-0.3, -0.25) is 0 Å². The van der Waals surface area contributed by atoms with E-state index in [-0.39, 0.29) is 0 Å². The van der Waals surface area contributed by atoms with Gasteiger partial charge in [0.25, 0.3) is 0 Å². The van der Waals surface area contributed by atoms with Crippen molar-refractivity contribution in [1.29, 1.82) is 0 Å². The molecule has 0 N–H and O–H groups in total. The van der Waals surface area contributed by atoms with E-state index in [1.54, 1.807) is 0 Å². The van der Waals surface area contributed by atoms with Crippen LogP contribution in [-0.4, -0.2) is 10.5 Å². The molecule has 42 valence electrons. The van der Waals surface area contributed by atoms with E-state index in [1.807, 2.05) is 0 Å². The highest BCUT2D eigenvalue weighted by molar-refractivity contribution is 8.07. The highest BCUT2D eigenvalue weighted by atomic mass is 32.2. The molecule has 0 nitrogen and oxygen atoms in total. The zero-order valence-corrected chi connectivity index (χ0v) is 5.40. The Labute approximate surface area is 53.3 Å². The Hall–Kier alpha value is 0.0900. The van der Waals surface area contributed by atoms with Crippen molar-refractivity contribution in [3.8, 4) is 0 Å². The standard InChI is InChI=1S/C7H8S/c1-2-5-3-4(1)6-7(5)8-6/h1-2,4-7H,3H2. The molecule has 0 spiro atoms. The smallest absolute Gasteiger partial charge is 0.0238 e. The van der Waals surface area contributed by atoms with Crippen LogP contribution < -0.4 is 0 Å². The van der Waals surface area contributed by atoms with Crippen LogP contribution in [0.15, 0.2) is 12.2 Å². The minimum Gasteiger partial charge on any atom is -0.152 e.